The van der Waals surface area contributed by atoms with Gasteiger partial charge in [0.25, 0.3) is 11.5 Å². The summed E-state index contributed by atoms with van der Waals surface area (Å²) in [4.78, 5) is 47.6. The molecule has 41 heavy (non-hydrogen) atoms. The van der Waals surface area contributed by atoms with Gasteiger partial charge in [0.2, 0.25) is 0 Å². The van der Waals surface area contributed by atoms with Gasteiger partial charge in [-0.3, -0.25) is 14.0 Å². The maximum atomic E-state index is 13.4. The number of amides is 1. The standard InChI is InChI=1S/C26H20F6N4O5/c1-3-41-24(39)18-13-17-20(33-19-6-4-5-7-35(19)23(17)38)36(8-9-40-2)21(18)34-22(37)14-10-15(25(27,28)29)12-16(11-14)26(30,31)32/h4-7,10-13H,3,8-9H2,1-2H3. The summed E-state index contributed by atoms with van der Waals surface area (Å²) in [5, 5.41) is -0.0994. The van der Waals surface area contributed by atoms with Gasteiger partial charge in [-0.05, 0) is 43.3 Å². The molecule has 4 aromatic rings. The van der Waals surface area contributed by atoms with Gasteiger partial charge in [0, 0.05) is 25.4 Å². The van der Waals surface area contributed by atoms with E-state index in [2.05, 4.69) is 9.98 Å². The molecule has 9 nitrogen and oxygen atoms in total. The molecule has 0 fully saturated rings. The summed E-state index contributed by atoms with van der Waals surface area (Å²) < 4.78 is 92.8. The van der Waals surface area contributed by atoms with Crippen molar-refractivity contribution in [2.45, 2.75) is 25.8 Å². The highest BCUT2D eigenvalue weighted by Gasteiger charge is 2.37. The highest BCUT2D eigenvalue weighted by atomic mass is 19.4. The van der Waals surface area contributed by atoms with Crippen molar-refractivity contribution in [3.63, 3.8) is 0 Å². The fourth-order valence-corrected chi connectivity index (χ4v) is 3.99. The zero-order valence-electron chi connectivity index (χ0n) is 21.3. The van der Waals surface area contributed by atoms with E-state index in [1.54, 1.807) is 12.1 Å². The first-order valence-electron chi connectivity index (χ1n) is 11.9. The lowest BCUT2D eigenvalue weighted by Gasteiger charge is -2.15. The van der Waals surface area contributed by atoms with Crippen LogP contribution in [0.3, 0.4) is 0 Å². The molecule has 0 bridgehead atoms. The maximum Gasteiger partial charge on any atom is 0.416 e. The molecule has 0 saturated heterocycles. The van der Waals surface area contributed by atoms with Gasteiger partial charge in [-0.2, -0.15) is 31.3 Å². The number of benzene rings is 1. The predicted octanol–water partition coefficient (Wildman–Crippen LogP) is 4.25. The minimum Gasteiger partial charge on any atom is -0.462 e. The summed E-state index contributed by atoms with van der Waals surface area (Å²) in [6.07, 6.45) is -8.98. The zero-order chi connectivity index (χ0) is 30.1. The van der Waals surface area contributed by atoms with E-state index in [1.807, 2.05) is 0 Å². The third-order valence-electron chi connectivity index (χ3n) is 5.85. The number of alkyl halides is 6. The maximum absolute atomic E-state index is 13.4. The lowest BCUT2D eigenvalue weighted by atomic mass is 10.0. The largest absolute Gasteiger partial charge is 0.462 e. The Balaban J connectivity index is 2.10. The van der Waals surface area contributed by atoms with Crippen LogP contribution in [0, 0.1) is 0 Å². The normalized spacial score (nSPS) is 12.7. The molecule has 0 spiro atoms. The Morgan fingerprint density at radius 3 is 2.24 bits per heavy atom. The lowest BCUT2D eigenvalue weighted by Crippen LogP contribution is -2.33. The molecule has 0 aliphatic rings. The second-order valence-electron chi connectivity index (χ2n) is 8.54. The Morgan fingerprint density at radius 1 is 1.00 bits per heavy atom. The number of methoxy groups -OCH3 is 1. The Labute approximate surface area is 226 Å². The molecule has 4 rings (SSSR count). The number of rotatable bonds is 6. The molecule has 0 atom stereocenters. The Morgan fingerprint density at radius 2 is 1.66 bits per heavy atom. The number of carbonyl (C=O) groups is 2. The van der Waals surface area contributed by atoms with E-state index in [1.165, 1.54) is 30.7 Å². The minimum absolute atomic E-state index is 0.0691. The van der Waals surface area contributed by atoms with Gasteiger partial charge in [-0.1, -0.05) is 6.07 Å². The smallest absolute Gasteiger partial charge is 0.416 e. The number of esters is 1. The van der Waals surface area contributed by atoms with Gasteiger partial charge < -0.3 is 14.0 Å². The number of pyridine rings is 2. The first-order chi connectivity index (χ1) is 19.3. The molecule has 0 radical (unpaired) electrons. The van der Waals surface area contributed by atoms with Crippen molar-refractivity contribution in [3.8, 4) is 0 Å². The number of nitrogens with zero attached hydrogens (tertiary/aromatic N) is 4. The van der Waals surface area contributed by atoms with Gasteiger partial charge in [0.05, 0.1) is 29.7 Å². The molecule has 0 aliphatic carbocycles. The molecule has 216 valence electrons. The van der Waals surface area contributed by atoms with Gasteiger partial charge in [-0.15, -0.1) is 0 Å². The van der Waals surface area contributed by atoms with Crippen LogP contribution in [0.4, 0.5) is 26.3 Å². The Bertz CT molecular complexity index is 1760. The summed E-state index contributed by atoms with van der Waals surface area (Å²) in [5.41, 5.74) is -5.92. The predicted molar refractivity (Wildman–Crippen MR) is 131 cm³/mol. The molecule has 3 heterocycles. The molecular formula is C26H20F6N4O5. The molecule has 0 aliphatic heterocycles. The quantitative estimate of drug-likeness (QED) is 0.191. The minimum atomic E-state index is -5.21. The number of fused-ring (bicyclic) bond motifs is 2. The van der Waals surface area contributed by atoms with Crippen molar-refractivity contribution in [2.24, 2.45) is 4.99 Å². The molecule has 3 aromatic heterocycles. The summed E-state index contributed by atoms with van der Waals surface area (Å²) in [7, 11) is 1.33. The van der Waals surface area contributed by atoms with Crippen LogP contribution in [0.25, 0.3) is 16.7 Å². The molecule has 0 N–H and O–H groups in total. The number of halogens is 6. The fraction of sp³-hybridized carbons (Fsp3) is 0.269. The second kappa shape index (κ2) is 11.2. The summed E-state index contributed by atoms with van der Waals surface area (Å²) >= 11 is 0. The van der Waals surface area contributed by atoms with E-state index >= 15 is 0 Å². The monoisotopic (exact) mass is 582 g/mol. The second-order valence-corrected chi connectivity index (χ2v) is 8.54. The zero-order valence-corrected chi connectivity index (χ0v) is 21.3. The first-order valence-corrected chi connectivity index (χ1v) is 11.9. The van der Waals surface area contributed by atoms with E-state index in [0.29, 0.717) is 0 Å². The molecule has 1 amide bonds. The van der Waals surface area contributed by atoms with Gasteiger partial charge >= 0.3 is 18.3 Å². The number of hydrogen-bond acceptors (Lipinski definition) is 6. The molecule has 0 saturated carbocycles. The Hall–Kier alpha value is -4.53. The van der Waals surface area contributed by atoms with Crippen molar-refractivity contribution >= 4 is 28.6 Å². The number of hydrogen-bond donors (Lipinski definition) is 0. The van der Waals surface area contributed by atoms with Crippen molar-refractivity contribution in [1.82, 2.24) is 14.0 Å². The van der Waals surface area contributed by atoms with Crippen LogP contribution in [0.1, 0.15) is 38.8 Å². The SMILES string of the molecule is CCOC(=O)c1cc2c(=O)n3ccccc3nc2n(CCOC)c1=NC(=O)c1cc(C(F)(F)F)cc(C(F)(F)F)c1. The van der Waals surface area contributed by atoms with E-state index in [9.17, 15) is 40.7 Å². The molecular weight excluding hydrogens is 562 g/mol. The Kier molecular flexibility index (Phi) is 8.01. The van der Waals surface area contributed by atoms with Crippen molar-refractivity contribution in [2.75, 3.05) is 20.3 Å². The topological polar surface area (TPSA) is 104 Å². The molecule has 1 aromatic carbocycles. The lowest BCUT2D eigenvalue weighted by molar-refractivity contribution is -0.143. The van der Waals surface area contributed by atoms with Crippen molar-refractivity contribution in [1.29, 1.82) is 0 Å². The van der Waals surface area contributed by atoms with Crippen molar-refractivity contribution in [3.05, 3.63) is 86.8 Å². The van der Waals surface area contributed by atoms with Crippen LogP contribution in [-0.4, -0.2) is 46.2 Å². The van der Waals surface area contributed by atoms with Crippen LogP contribution < -0.4 is 11.0 Å². The average Bonchev–Trinajstić information content (AvgIpc) is 2.91. The average molecular weight is 582 g/mol. The van der Waals surface area contributed by atoms with Crippen LogP contribution >= 0.6 is 0 Å². The third-order valence-corrected chi connectivity index (χ3v) is 5.85. The first kappa shape index (κ1) is 29.5. The summed E-state index contributed by atoms with van der Waals surface area (Å²) in [6.45, 7) is 1.10. The van der Waals surface area contributed by atoms with Crippen LogP contribution in [-0.2, 0) is 28.4 Å². The van der Waals surface area contributed by atoms with Crippen LogP contribution in [0.2, 0.25) is 0 Å². The number of aromatic nitrogens is 3. The molecule has 15 heteroatoms. The van der Waals surface area contributed by atoms with Crippen LogP contribution in [0.5, 0.6) is 0 Å². The number of carbonyl (C=O) groups excluding carboxylic acids is 2. The van der Waals surface area contributed by atoms with Gasteiger partial charge in [0.15, 0.2) is 5.49 Å². The van der Waals surface area contributed by atoms with E-state index in [-0.39, 0.29) is 54.6 Å². The van der Waals surface area contributed by atoms with E-state index in [4.69, 9.17) is 9.47 Å². The van der Waals surface area contributed by atoms with Crippen molar-refractivity contribution < 1.29 is 45.4 Å². The highest BCUT2D eigenvalue weighted by molar-refractivity contribution is 5.97. The highest BCUT2D eigenvalue weighted by Crippen LogP contribution is 2.36. The van der Waals surface area contributed by atoms with E-state index < -0.39 is 57.5 Å². The summed E-state index contributed by atoms with van der Waals surface area (Å²) in [6, 6.07) is 6.06. The number of ether oxygens (including phenoxy) is 2. The van der Waals surface area contributed by atoms with E-state index in [0.717, 1.165) is 10.6 Å². The van der Waals surface area contributed by atoms with Crippen LogP contribution in [0.15, 0.2) is 58.4 Å². The van der Waals surface area contributed by atoms with Gasteiger partial charge in [0.1, 0.15) is 16.9 Å². The molecule has 0 unspecified atom stereocenters. The third kappa shape index (κ3) is 5.99. The fourth-order valence-electron chi connectivity index (χ4n) is 3.99. The summed E-state index contributed by atoms with van der Waals surface area (Å²) in [5.74, 6) is -2.57. The van der Waals surface area contributed by atoms with Gasteiger partial charge in [-0.25, -0.2) is 9.78 Å².